The molecule has 5 rings (SSSR count). The molecule has 4 aromatic rings. The Morgan fingerprint density at radius 2 is 1.88 bits per heavy atom. The molecule has 0 bridgehead atoms. The highest BCUT2D eigenvalue weighted by molar-refractivity contribution is 6.06. The van der Waals surface area contributed by atoms with Crippen LogP contribution < -0.4 is 15.0 Å². The predicted molar refractivity (Wildman–Crippen MR) is 133 cm³/mol. The second-order valence-corrected chi connectivity index (χ2v) is 8.59. The SMILES string of the molecule is Cc1cccn2cc(COc3ccccc3C(=O)Nc3ccc(N4CCN(C)CC4)nc3)nc12. The predicted octanol–water partition coefficient (Wildman–Crippen LogP) is 3.62. The average molecular weight is 457 g/mol. The molecule has 34 heavy (non-hydrogen) atoms. The molecule has 0 spiro atoms. The van der Waals surface area contributed by atoms with Crippen LogP contribution in [0.2, 0.25) is 0 Å². The molecule has 1 N–H and O–H groups in total. The zero-order valence-electron chi connectivity index (χ0n) is 19.4. The number of anilines is 2. The molecule has 8 nitrogen and oxygen atoms in total. The van der Waals surface area contributed by atoms with Gasteiger partial charge in [0, 0.05) is 38.6 Å². The number of rotatable bonds is 6. The lowest BCUT2D eigenvalue weighted by molar-refractivity contribution is 0.102. The van der Waals surface area contributed by atoms with Gasteiger partial charge >= 0.3 is 0 Å². The van der Waals surface area contributed by atoms with Gasteiger partial charge in [0.25, 0.3) is 5.91 Å². The molecule has 0 radical (unpaired) electrons. The summed E-state index contributed by atoms with van der Waals surface area (Å²) in [5.74, 6) is 1.20. The van der Waals surface area contributed by atoms with Crippen molar-refractivity contribution in [2.24, 2.45) is 0 Å². The van der Waals surface area contributed by atoms with Crippen LogP contribution in [0, 0.1) is 6.92 Å². The third kappa shape index (κ3) is 4.72. The number of pyridine rings is 2. The van der Waals surface area contributed by atoms with Gasteiger partial charge in [-0.3, -0.25) is 4.79 Å². The summed E-state index contributed by atoms with van der Waals surface area (Å²) in [6, 6.07) is 15.1. The largest absolute Gasteiger partial charge is 0.486 e. The summed E-state index contributed by atoms with van der Waals surface area (Å²) in [6.07, 6.45) is 5.61. The number of benzene rings is 1. The minimum absolute atomic E-state index is 0.240. The van der Waals surface area contributed by atoms with Crippen molar-refractivity contribution in [3.8, 4) is 5.75 Å². The average Bonchev–Trinajstić information content (AvgIpc) is 3.29. The van der Waals surface area contributed by atoms with E-state index in [9.17, 15) is 4.79 Å². The fraction of sp³-hybridized carbons (Fsp3) is 0.269. The summed E-state index contributed by atoms with van der Waals surface area (Å²) in [7, 11) is 2.13. The lowest BCUT2D eigenvalue weighted by atomic mass is 10.2. The first-order valence-corrected chi connectivity index (χ1v) is 11.4. The number of nitrogens with zero attached hydrogens (tertiary/aromatic N) is 5. The highest BCUT2D eigenvalue weighted by atomic mass is 16.5. The molecular formula is C26H28N6O2. The quantitative estimate of drug-likeness (QED) is 0.478. The maximum absolute atomic E-state index is 13.0. The van der Waals surface area contributed by atoms with E-state index in [1.807, 2.05) is 60.1 Å². The minimum atomic E-state index is -0.240. The maximum Gasteiger partial charge on any atom is 0.259 e. The normalized spacial score (nSPS) is 14.4. The van der Waals surface area contributed by atoms with Crippen molar-refractivity contribution in [2.75, 3.05) is 43.4 Å². The zero-order chi connectivity index (χ0) is 23.5. The first-order valence-electron chi connectivity index (χ1n) is 11.4. The minimum Gasteiger partial charge on any atom is -0.486 e. The summed E-state index contributed by atoms with van der Waals surface area (Å²) in [5.41, 5.74) is 3.91. The molecule has 1 aliphatic heterocycles. The molecule has 3 aromatic heterocycles. The third-order valence-electron chi connectivity index (χ3n) is 6.07. The van der Waals surface area contributed by atoms with Crippen molar-refractivity contribution >= 4 is 23.1 Å². The van der Waals surface area contributed by atoms with Gasteiger partial charge in [-0.05, 0) is 49.9 Å². The van der Waals surface area contributed by atoms with Gasteiger partial charge in [-0.15, -0.1) is 0 Å². The van der Waals surface area contributed by atoms with E-state index in [0.717, 1.165) is 48.9 Å². The van der Waals surface area contributed by atoms with Gasteiger partial charge in [-0.1, -0.05) is 18.2 Å². The number of likely N-dealkylation sites (N-methyl/N-ethyl adjacent to an activating group) is 1. The van der Waals surface area contributed by atoms with Crippen molar-refractivity contribution < 1.29 is 9.53 Å². The van der Waals surface area contributed by atoms with Gasteiger partial charge in [0.1, 0.15) is 23.8 Å². The van der Waals surface area contributed by atoms with Crippen LogP contribution in [-0.4, -0.2) is 58.4 Å². The van der Waals surface area contributed by atoms with Gasteiger partial charge in [0.05, 0.1) is 23.1 Å². The molecule has 174 valence electrons. The Kier molecular flexibility index (Phi) is 6.14. The van der Waals surface area contributed by atoms with Crippen molar-refractivity contribution in [2.45, 2.75) is 13.5 Å². The topological polar surface area (TPSA) is 75.0 Å². The summed E-state index contributed by atoms with van der Waals surface area (Å²) >= 11 is 0. The van der Waals surface area contributed by atoms with Crippen LogP contribution in [0.1, 0.15) is 21.6 Å². The molecular weight excluding hydrogens is 428 g/mol. The van der Waals surface area contributed by atoms with Gasteiger partial charge in [0.15, 0.2) is 0 Å². The number of para-hydroxylation sites is 1. The molecule has 0 atom stereocenters. The Labute approximate surface area is 198 Å². The Balaban J connectivity index is 1.25. The molecule has 0 unspecified atom stereocenters. The van der Waals surface area contributed by atoms with Crippen LogP contribution in [0.4, 0.5) is 11.5 Å². The van der Waals surface area contributed by atoms with E-state index in [-0.39, 0.29) is 12.5 Å². The number of aryl methyl sites for hydroxylation is 1. The fourth-order valence-corrected chi connectivity index (χ4v) is 4.09. The lowest BCUT2D eigenvalue weighted by Gasteiger charge is -2.33. The van der Waals surface area contributed by atoms with Crippen LogP contribution in [0.3, 0.4) is 0 Å². The number of ether oxygens (including phenoxy) is 1. The van der Waals surface area contributed by atoms with E-state index in [0.29, 0.717) is 17.0 Å². The van der Waals surface area contributed by atoms with E-state index in [4.69, 9.17) is 4.74 Å². The van der Waals surface area contributed by atoms with E-state index in [2.05, 4.69) is 32.1 Å². The van der Waals surface area contributed by atoms with E-state index in [1.54, 1.807) is 18.3 Å². The number of carbonyl (C=O) groups is 1. The zero-order valence-corrected chi connectivity index (χ0v) is 19.4. The van der Waals surface area contributed by atoms with Crippen molar-refractivity contribution in [3.63, 3.8) is 0 Å². The molecule has 4 heterocycles. The van der Waals surface area contributed by atoms with Crippen LogP contribution in [-0.2, 0) is 6.61 Å². The number of carbonyl (C=O) groups excluding carboxylic acids is 1. The van der Waals surface area contributed by atoms with E-state index in [1.165, 1.54) is 0 Å². The first-order chi connectivity index (χ1) is 16.6. The number of hydrogen-bond acceptors (Lipinski definition) is 6. The van der Waals surface area contributed by atoms with Crippen LogP contribution >= 0.6 is 0 Å². The second kappa shape index (κ2) is 9.52. The maximum atomic E-state index is 13.0. The van der Waals surface area contributed by atoms with Crippen LogP contribution in [0.15, 0.2) is 67.1 Å². The number of hydrogen-bond donors (Lipinski definition) is 1. The number of piperazine rings is 1. The van der Waals surface area contributed by atoms with Crippen molar-refractivity contribution in [1.82, 2.24) is 19.3 Å². The second-order valence-electron chi connectivity index (χ2n) is 8.59. The molecule has 8 heteroatoms. The highest BCUT2D eigenvalue weighted by Gasteiger charge is 2.16. The Hall–Kier alpha value is -3.91. The van der Waals surface area contributed by atoms with E-state index < -0.39 is 0 Å². The van der Waals surface area contributed by atoms with Gasteiger partial charge < -0.3 is 24.3 Å². The molecule has 1 saturated heterocycles. The first kappa shape index (κ1) is 21.9. The standard InChI is InChI=1S/C26H28N6O2/c1-19-6-5-11-32-17-21(28-25(19)32)18-34-23-8-4-3-7-22(23)26(33)29-20-9-10-24(27-16-20)31-14-12-30(2)13-15-31/h3-11,16-17H,12-15,18H2,1-2H3,(H,29,33). The van der Waals surface area contributed by atoms with Crippen molar-refractivity contribution in [3.05, 3.63) is 83.9 Å². The smallest absolute Gasteiger partial charge is 0.259 e. The molecule has 1 amide bonds. The summed E-state index contributed by atoms with van der Waals surface area (Å²) in [5, 5.41) is 2.94. The van der Waals surface area contributed by atoms with Crippen molar-refractivity contribution in [1.29, 1.82) is 0 Å². The fourth-order valence-electron chi connectivity index (χ4n) is 4.09. The number of aromatic nitrogens is 3. The number of nitrogens with one attached hydrogen (secondary N) is 1. The van der Waals surface area contributed by atoms with Gasteiger partial charge in [-0.25, -0.2) is 9.97 Å². The summed E-state index contributed by atoms with van der Waals surface area (Å²) < 4.78 is 7.97. The molecule has 1 aromatic carbocycles. The van der Waals surface area contributed by atoms with Gasteiger partial charge in [0.2, 0.25) is 0 Å². The Morgan fingerprint density at radius 3 is 2.65 bits per heavy atom. The monoisotopic (exact) mass is 456 g/mol. The summed E-state index contributed by atoms with van der Waals surface area (Å²) in [6.45, 7) is 6.24. The third-order valence-corrected chi connectivity index (χ3v) is 6.07. The lowest BCUT2D eigenvalue weighted by Crippen LogP contribution is -2.44. The molecule has 0 aliphatic carbocycles. The Morgan fingerprint density at radius 1 is 1.06 bits per heavy atom. The molecule has 1 aliphatic rings. The molecule has 0 saturated carbocycles. The number of amides is 1. The van der Waals surface area contributed by atoms with E-state index >= 15 is 0 Å². The van der Waals surface area contributed by atoms with Crippen LogP contribution in [0.25, 0.3) is 5.65 Å². The van der Waals surface area contributed by atoms with Gasteiger partial charge in [-0.2, -0.15) is 0 Å². The Bertz CT molecular complexity index is 1290. The molecule has 1 fully saturated rings. The van der Waals surface area contributed by atoms with Crippen LogP contribution in [0.5, 0.6) is 5.75 Å². The number of fused-ring (bicyclic) bond motifs is 1. The summed E-state index contributed by atoms with van der Waals surface area (Å²) in [4.78, 5) is 26.8. The number of imidazole rings is 1. The highest BCUT2D eigenvalue weighted by Crippen LogP contribution is 2.22.